The van der Waals surface area contributed by atoms with Gasteiger partial charge in [-0.1, -0.05) is 0 Å². The fourth-order valence-electron chi connectivity index (χ4n) is 3.02. The van der Waals surface area contributed by atoms with E-state index in [0.717, 1.165) is 12.8 Å². The van der Waals surface area contributed by atoms with Gasteiger partial charge in [0, 0.05) is 17.6 Å². The lowest BCUT2D eigenvalue weighted by Crippen LogP contribution is -2.48. The van der Waals surface area contributed by atoms with E-state index in [1.54, 1.807) is 4.90 Å². The van der Waals surface area contributed by atoms with Crippen molar-refractivity contribution in [2.75, 3.05) is 13.1 Å². The van der Waals surface area contributed by atoms with Crippen molar-refractivity contribution in [3.05, 3.63) is 34.1 Å². The van der Waals surface area contributed by atoms with E-state index in [1.807, 2.05) is 0 Å². The summed E-state index contributed by atoms with van der Waals surface area (Å²) in [4.78, 5) is 26.0. The number of nitrogens with one attached hydrogen (secondary N) is 1. The molecule has 1 aromatic carbocycles. The maximum Gasteiger partial charge on any atom is 0.255 e. The summed E-state index contributed by atoms with van der Waals surface area (Å²) in [5, 5.41) is 2.81. The van der Waals surface area contributed by atoms with Gasteiger partial charge in [0.15, 0.2) is 0 Å². The van der Waals surface area contributed by atoms with Crippen molar-refractivity contribution in [3.8, 4) is 0 Å². The molecule has 0 saturated carbocycles. The van der Waals surface area contributed by atoms with Crippen molar-refractivity contribution in [1.29, 1.82) is 0 Å². The van der Waals surface area contributed by atoms with E-state index < -0.39 is 5.82 Å². The first-order valence-corrected chi connectivity index (χ1v) is 7.41. The zero-order valence-corrected chi connectivity index (χ0v) is 12.3. The molecule has 2 aliphatic rings. The number of benzene rings is 1. The summed E-state index contributed by atoms with van der Waals surface area (Å²) in [6.45, 7) is 1.10. The Kier molecular flexibility index (Phi) is 3.50. The Labute approximate surface area is 124 Å². The zero-order valence-electron chi connectivity index (χ0n) is 10.7. The summed E-state index contributed by atoms with van der Waals surface area (Å²) >= 11 is 3.29. The van der Waals surface area contributed by atoms with Gasteiger partial charge in [-0.15, -0.1) is 0 Å². The van der Waals surface area contributed by atoms with Crippen molar-refractivity contribution in [2.45, 2.75) is 18.9 Å². The first-order chi connectivity index (χ1) is 9.58. The summed E-state index contributed by atoms with van der Waals surface area (Å²) in [6, 6.07) is 3.96. The topological polar surface area (TPSA) is 49.4 Å². The van der Waals surface area contributed by atoms with Gasteiger partial charge in [0.25, 0.3) is 5.91 Å². The molecule has 6 heteroatoms. The number of halogens is 2. The molecule has 0 bridgehead atoms. The number of carbonyl (C=O) groups is 2. The van der Waals surface area contributed by atoms with E-state index in [1.165, 1.54) is 18.2 Å². The van der Waals surface area contributed by atoms with Gasteiger partial charge in [0.1, 0.15) is 5.82 Å². The molecule has 3 rings (SSSR count). The van der Waals surface area contributed by atoms with Crippen LogP contribution in [0.5, 0.6) is 0 Å². The Morgan fingerprint density at radius 3 is 3.05 bits per heavy atom. The van der Waals surface area contributed by atoms with Crippen LogP contribution in [0.25, 0.3) is 0 Å². The smallest absolute Gasteiger partial charge is 0.255 e. The molecule has 20 heavy (non-hydrogen) atoms. The third-order valence-corrected chi connectivity index (χ3v) is 4.71. The van der Waals surface area contributed by atoms with E-state index in [-0.39, 0.29) is 23.8 Å². The van der Waals surface area contributed by atoms with Crippen LogP contribution in [0, 0.1) is 11.7 Å². The Morgan fingerprint density at radius 1 is 1.45 bits per heavy atom. The van der Waals surface area contributed by atoms with E-state index >= 15 is 0 Å². The van der Waals surface area contributed by atoms with Crippen LogP contribution in [0.1, 0.15) is 23.2 Å². The zero-order chi connectivity index (χ0) is 14.3. The molecule has 2 aliphatic heterocycles. The minimum atomic E-state index is -0.439. The van der Waals surface area contributed by atoms with Crippen molar-refractivity contribution >= 4 is 27.7 Å². The molecule has 2 heterocycles. The fourth-order valence-corrected chi connectivity index (χ4v) is 3.44. The first kappa shape index (κ1) is 13.5. The average Bonchev–Trinajstić information content (AvgIpc) is 2.83. The minimum absolute atomic E-state index is 0.0193. The van der Waals surface area contributed by atoms with Crippen molar-refractivity contribution in [2.24, 2.45) is 5.92 Å². The number of piperidine rings is 1. The normalized spacial score (nSPS) is 25.3. The molecule has 1 aromatic rings. The van der Waals surface area contributed by atoms with Crippen LogP contribution in [0.2, 0.25) is 0 Å². The first-order valence-electron chi connectivity index (χ1n) is 6.61. The average molecular weight is 341 g/mol. The number of carbonyl (C=O) groups excluding carboxylic acids is 2. The van der Waals surface area contributed by atoms with Crippen LogP contribution in [0.3, 0.4) is 0 Å². The van der Waals surface area contributed by atoms with Crippen LogP contribution in [-0.2, 0) is 4.79 Å². The molecule has 2 saturated heterocycles. The minimum Gasteiger partial charge on any atom is -0.354 e. The molecule has 106 valence electrons. The molecule has 2 unspecified atom stereocenters. The number of fused-ring (bicyclic) bond motifs is 1. The second-order valence-corrected chi connectivity index (χ2v) is 6.04. The van der Waals surface area contributed by atoms with Crippen molar-refractivity contribution < 1.29 is 14.0 Å². The molecule has 0 radical (unpaired) electrons. The second kappa shape index (κ2) is 5.16. The molecule has 2 amide bonds. The molecule has 2 atom stereocenters. The molecule has 0 aliphatic carbocycles. The Balaban J connectivity index is 1.90. The molecule has 4 nitrogen and oxygen atoms in total. The lowest BCUT2D eigenvalue weighted by Gasteiger charge is -2.36. The van der Waals surface area contributed by atoms with Gasteiger partial charge in [0.05, 0.1) is 17.5 Å². The highest BCUT2D eigenvalue weighted by atomic mass is 79.9. The van der Waals surface area contributed by atoms with Crippen LogP contribution in [0.15, 0.2) is 22.7 Å². The van der Waals surface area contributed by atoms with E-state index in [4.69, 9.17) is 0 Å². The predicted molar refractivity (Wildman–Crippen MR) is 74.7 cm³/mol. The quantitative estimate of drug-likeness (QED) is 0.849. The summed E-state index contributed by atoms with van der Waals surface area (Å²) in [5.41, 5.74) is 0.310. The summed E-state index contributed by atoms with van der Waals surface area (Å²) in [5.74, 6) is -0.765. The number of amides is 2. The lowest BCUT2D eigenvalue weighted by atomic mass is 9.91. The van der Waals surface area contributed by atoms with Crippen molar-refractivity contribution in [1.82, 2.24) is 10.2 Å². The van der Waals surface area contributed by atoms with Gasteiger partial charge in [0.2, 0.25) is 5.91 Å². The molecular weight excluding hydrogens is 327 g/mol. The Hall–Kier alpha value is -1.43. The molecule has 2 fully saturated rings. The van der Waals surface area contributed by atoms with E-state index in [0.29, 0.717) is 23.1 Å². The van der Waals surface area contributed by atoms with Gasteiger partial charge in [-0.05, 0) is 47.0 Å². The number of likely N-dealkylation sites (tertiary alicyclic amines) is 1. The van der Waals surface area contributed by atoms with Crippen LogP contribution >= 0.6 is 15.9 Å². The van der Waals surface area contributed by atoms with Crippen LogP contribution in [0.4, 0.5) is 4.39 Å². The molecule has 0 aromatic heterocycles. The van der Waals surface area contributed by atoms with Crippen LogP contribution < -0.4 is 5.32 Å². The highest BCUT2D eigenvalue weighted by molar-refractivity contribution is 9.10. The largest absolute Gasteiger partial charge is 0.354 e. The Morgan fingerprint density at radius 2 is 2.25 bits per heavy atom. The predicted octanol–water partition coefficient (Wildman–Crippen LogP) is 1.94. The third-order valence-electron chi connectivity index (χ3n) is 4.02. The maximum atomic E-state index is 13.3. The second-order valence-electron chi connectivity index (χ2n) is 5.18. The van der Waals surface area contributed by atoms with E-state index in [9.17, 15) is 14.0 Å². The fraction of sp³-hybridized carbons (Fsp3) is 0.429. The summed E-state index contributed by atoms with van der Waals surface area (Å²) < 4.78 is 13.9. The number of hydrogen-bond acceptors (Lipinski definition) is 2. The van der Waals surface area contributed by atoms with Gasteiger partial charge >= 0.3 is 0 Å². The lowest BCUT2D eigenvalue weighted by molar-refractivity contribution is -0.123. The SMILES string of the molecule is O=C1NCC2C1CCCN2C(=O)c1cc(F)ccc1Br. The molecule has 0 spiro atoms. The highest BCUT2D eigenvalue weighted by Crippen LogP contribution is 2.30. The van der Waals surface area contributed by atoms with Gasteiger partial charge in [-0.25, -0.2) is 4.39 Å². The monoisotopic (exact) mass is 340 g/mol. The number of rotatable bonds is 1. The number of nitrogens with zero attached hydrogens (tertiary/aromatic N) is 1. The van der Waals surface area contributed by atoms with Gasteiger partial charge in [-0.3, -0.25) is 9.59 Å². The highest BCUT2D eigenvalue weighted by Gasteiger charge is 2.42. The third kappa shape index (κ3) is 2.22. The summed E-state index contributed by atoms with van der Waals surface area (Å²) in [7, 11) is 0. The van der Waals surface area contributed by atoms with E-state index in [2.05, 4.69) is 21.2 Å². The number of hydrogen-bond donors (Lipinski definition) is 1. The molecule has 1 N–H and O–H groups in total. The van der Waals surface area contributed by atoms with Crippen molar-refractivity contribution in [3.63, 3.8) is 0 Å². The van der Waals surface area contributed by atoms with Crippen LogP contribution in [-0.4, -0.2) is 35.8 Å². The standard InChI is InChI=1S/C14H14BrFN2O2/c15-11-4-3-8(16)6-10(11)14(20)18-5-1-2-9-12(18)7-17-13(9)19/h3-4,6,9,12H,1-2,5,7H2,(H,17,19). The molecular formula is C14H14BrFN2O2. The summed E-state index contributed by atoms with van der Waals surface area (Å²) in [6.07, 6.45) is 1.61. The van der Waals surface area contributed by atoms with Gasteiger partial charge in [-0.2, -0.15) is 0 Å². The Bertz CT molecular complexity index is 578. The van der Waals surface area contributed by atoms with Gasteiger partial charge < -0.3 is 10.2 Å². The maximum absolute atomic E-state index is 13.3.